The van der Waals surface area contributed by atoms with Crippen LogP contribution in [0, 0.1) is 12.3 Å². The third-order valence-corrected chi connectivity index (χ3v) is 2.32. The highest BCUT2D eigenvalue weighted by molar-refractivity contribution is 5.79. The zero-order valence-corrected chi connectivity index (χ0v) is 10.5. The van der Waals surface area contributed by atoms with E-state index in [0.29, 0.717) is 6.54 Å². The largest absolute Gasteiger partial charge is 0.346 e. The summed E-state index contributed by atoms with van der Waals surface area (Å²) in [5.74, 6) is 3.40. The van der Waals surface area contributed by atoms with Crippen LogP contribution in [0.4, 0.5) is 0 Å². The molecule has 0 saturated heterocycles. The number of nitrogens with zero attached hydrogens (tertiary/aromatic N) is 2. The fourth-order valence-electron chi connectivity index (χ4n) is 1.44. The molecule has 0 heterocycles. The number of unbranched alkanes of at least 4 members (excludes halogenated alkanes) is 3. The molecular weight excluding hydrogens is 198 g/mol. The summed E-state index contributed by atoms with van der Waals surface area (Å²) in [6.07, 6.45) is 11.9. The van der Waals surface area contributed by atoms with Crippen LogP contribution in [-0.4, -0.2) is 38.0 Å². The van der Waals surface area contributed by atoms with Crippen LogP contribution in [0.2, 0.25) is 0 Å². The molecule has 0 bridgehead atoms. The highest BCUT2D eigenvalue weighted by atomic mass is 15.3. The molecule has 3 nitrogen and oxygen atoms in total. The summed E-state index contributed by atoms with van der Waals surface area (Å²) < 4.78 is 0. The molecular formula is C13H23N3. The molecule has 0 aromatic rings. The predicted molar refractivity (Wildman–Crippen MR) is 71.5 cm³/mol. The van der Waals surface area contributed by atoms with E-state index in [4.69, 9.17) is 6.42 Å². The molecule has 0 aromatic heterocycles. The second kappa shape index (κ2) is 10.1. The summed E-state index contributed by atoms with van der Waals surface area (Å²) >= 11 is 0. The van der Waals surface area contributed by atoms with Crippen molar-refractivity contribution in [1.82, 2.24) is 10.2 Å². The second-order valence-electron chi connectivity index (χ2n) is 3.66. The molecule has 0 atom stereocenters. The molecule has 0 aromatic carbocycles. The van der Waals surface area contributed by atoms with Crippen molar-refractivity contribution < 1.29 is 0 Å². The smallest absolute Gasteiger partial charge is 0.194 e. The normalized spacial score (nSPS) is 10.7. The average molecular weight is 221 g/mol. The lowest BCUT2D eigenvalue weighted by molar-refractivity contribution is 0.458. The number of guanidine groups is 1. The zero-order chi connectivity index (χ0) is 12.2. The summed E-state index contributed by atoms with van der Waals surface area (Å²) in [6, 6.07) is 0. The maximum absolute atomic E-state index is 5.19. The lowest BCUT2D eigenvalue weighted by Crippen LogP contribution is -2.39. The fraction of sp³-hybridized carbons (Fsp3) is 0.615. The highest BCUT2D eigenvalue weighted by Crippen LogP contribution is 2.01. The first-order chi connectivity index (χ1) is 7.76. The van der Waals surface area contributed by atoms with E-state index in [1.807, 2.05) is 13.1 Å². The van der Waals surface area contributed by atoms with Gasteiger partial charge >= 0.3 is 0 Å². The molecule has 0 aliphatic rings. The van der Waals surface area contributed by atoms with E-state index in [2.05, 4.69) is 27.7 Å². The summed E-state index contributed by atoms with van der Waals surface area (Å²) in [5, 5.41) is 3.09. The van der Waals surface area contributed by atoms with Crippen LogP contribution < -0.4 is 5.32 Å². The Bertz CT molecular complexity index is 250. The number of hydrogen-bond acceptors (Lipinski definition) is 1. The zero-order valence-electron chi connectivity index (χ0n) is 10.5. The molecule has 3 heteroatoms. The molecule has 16 heavy (non-hydrogen) atoms. The lowest BCUT2D eigenvalue weighted by atomic mass is 10.2. The third kappa shape index (κ3) is 6.94. The Morgan fingerprint density at radius 1 is 1.50 bits per heavy atom. The molecule has 0 amide bonds. The second-order valence-corrected chi connectivity index (χ2v) is 3.66. The van der Waals surface area contributed by atoms with Crippen molar-refractivity contribution in [3.63, 3.8) is 0 Å². The Morgan fingerprint density at radius 3 is 2.81 bits per heavy atom. The molecule has 0 unspecified atom stereocenters. The van der Waals surface area contributed by atoms with Crippen LogP contribution >= 0.6 is 0 Å². The standard InChI is InChI=1S/C13H23N3/c1-5-7-8-9-10-12-16(4)13(14-3)15-11-6-2/h2,5H,1,7-12H2,3-4H3,(H,14,15). The minimum atomic E-state index is 0.521. The number of allylic oxidation sites excluding steroid dienone is 1. The van der Waals surface area contributed by atoms with Crippen LogP contribution in [0.25, 0.3) is 0 Å². The van der Waals surface area contributed by atoms with Crippen LogP contribution in [0.3, 0.4) is 0 Å². The Morgan fingerprint density at radius 2 is 2.25 bits per heavy atom. The molecule has 0 saturated carbocycles. The number of rotatable bonds is 7. The maximum atomic E-state index is 5.19. The van der Waals surface area contributed by atoms with Gasteiger partial charge < -0.3 is 10.2 Å². The van der Waals surface area contributed by atoms with E-state index in [1.54, 1.807) is 7.05 Å². The molecule has 0 spiro atoms. The minimum absolute atomic E-state index is 0.521. The Kier molecular flexibility index (Phi) is 9.20. The van der Waals surface area contributed by atoms with Crippen molar-refractivity contribution in [3.8, 4) is 12.3 Å². The van der Waals surface area contributed by atoms with E-state index in [-0.39, 0.29) is 0 Å². The summed E-state index contributed by atoms with van der Waals surface area (Å²) in [7, 11) is 3.80. The van der Waals surface area contributed by atoms with Crippen LogP contribution in [0.5, 0.6) is 0 Å². The van der Waals surface area contributed by atoms with E-state index in [0.717, 1.165) is 18.9 Å². The van der Waals surface area contributed by atoms with Gasteiger partial charge in [0.15, 0.2) is 5.96 Å². The van der Waals surface area contributed by atoms with Gasteiger partial charge in [0.25, 0.3) is 0 Å². The summed E-state index contributed by atoms with van der Waals surface area (Å²) in [6.45, 7) is 5.23. The van der Waals surface area contributed by atoms with E-state index in [9.17, 15) is 0 Å². The van der Waals surface area contributed by atoms with Crippen molar-refractivity contribution in [2.45, 2.75) is 25.7 Å². The van der Waals surface area contributed by atoms with E-state index < -0.39 is 0 Å². The van der Waals surface area contributed by atoms with Gasteiger partial charge in [-0.2, -0.15) is 0 Å². The third-order valence-electron chi connectivity index (χ3n) is 2.32. The molecule has 0 aliphatic heterocycles. The molecule has 1 N–H and O–H groups in total. The number of hydrogen-bond donors (Lipinski definition) is 1. The van der Waals surface area contributed by atoms with E-state index in [1.165, 1.54) is 19.3 Å². The van der Waals surface area contributed by atoms with Crippen molar-refractivity contribution in [1.29, 1.82) is 0 Å². The van der Waals surface area contributed by atoms with Gasteiger partial charge in [-0.15, -0.1) is 13.0 Å². The predicted octanol–water partition coefficient (Wildman–Crippen LogP) is 1.87. The Hall–Kier alpha value is -1.43. The van der Waals surface area contributed by atoms with E-state index >= 15 is 0 Å². The molecule has 90 valence electrons. The van der Waals surface area contributed by atoms with Gasteiger partial charge in [-0.3, -0.25) is 4.99 Å². The van der Waals surface area contributed by atoms with Crippen LogP contribution in [0.15, 0.2) is 17.6 Å². The van der Waals surface area contributed by atoms with Gasteiger partial charge in [-0.1, -0.05) is 18.4 Å². The fourth-order valence-corrected chi connectivity index (χ4v) is 1.44. The van der Waals surface area contributed by atoms with Gasteiger partial charge in [-0.25, -0.2) is 0 Å². The van der Waals surface area contributed by atoms with Crippen molar-refractivity contribution in [2.75, 3.05) is 27.2 Å². The SMILES string of the molecule is C#CCNC(=NC)N(C)CCCCCC=C. The van der Waals surface area contributed by atoms with Crippen molar-refractivity contribution >= 4 is 5.96 Å². The average Bonchev–Trinajstić information content (AvgIpc) is 2.30. The lowest BCUT2D eigenvalue weighted by Gasteiger charge is -2.21. The van der Waals surface area contributed by atoms with Gasteiger partial charge in [0.1, 0.15) is 0 Å². The number of aliphatic imine (C=N–C) groups is 1. The topological polar surface area (TPSA) is 27.6 Å². The van der Waals surface area contributed by atoms with Crippen molar-refractivity contribution in [3.05, 3.63) is 12.7 Å². The van der Waals surface area contributed by atoms with Gasteiger partial charge in [0, 0.05) is 20.6 Å². The number of terminal acetylenes is 1. The molecule has 0 aliphatic carbocycles. The first-order valence-corrected chi connectivity index (χ1v) is 5.72. The van der Waals surface area contributed by atoms with Gasteiger partial charge in [-0.05, 0) is 19.3 Å². The Labute approximate surface area is 99.6 Å². The van der Waals surface area contributed by atoms with Crippen molar-refractivity contribution in [2.24, 2.45) is 4.99 Å². The van der Waals surface area contributed by atoms with Gasteiger partial charge in [0.2, 0.25) is 0 Å². The first-order valence-electron chi connectivity index (χ1n) is 5.72. The number of nitrogens with one attached hydrogen (secondary N) is 1. The van der Waals surface area contributed by atoms with Gasteiger partial charge in [0.05, 0.1) is 6.54 Å². The summed E-state index contributed by atoms with van der Waals surface area (Å²) in [5.41, 5.74) is 0. The molecule has 0 rings (SSSR count). The highest BCUT2D eigenvalue weighted by Gasteiger charge is 2.03. The van der Waals surface area contributed by atoms with Crippen LogP contribution in [-0.2, 0) is 0 Å². The molecule has 0 fully saturated rings. The Balaban J connectivity index is 3.72. The summed E-state index contributed by atoms with van der Waals surface area (Å²) in [4.78, 5) is 6.26. The first kappa shape index (κ1) is 14.6. The maximum Gasteiger partial charge on any atom is 0.194 e. The quantitative estimate of drug-likeness (QED) is 0.234. The molecule has 0 radical (unpaired) electrons. The minimum Gasteiger partial charge on any atom is -0.346 e. The van der Waals surface area contributed by atoms with Crippen LogP contribution in [0.1, 0.15) is 25.7 Å². The monoisotopic (exact) mass is 221 g/mol.